The second-order valence-corrected chi connectivity index (χ2v) is 5.06. The van der Waals surface area contributed by atoms with Crippen LogP contribution in [0.1, 0.15) is 11.6 Å². The number of methoxy groups -OCH3 is 1. The summed E-state index contributed by atoms with van der Waals surface area (Å²) in [6.45, 7) is 2.38. The molecule has 0 bridgehead atoms. The Hall–Kier alpha value is -0.820. The first-order valence-electron chi connectivity index (χ1n) is 6.18. The van der Waals surface area contributed by atoms with Crippen LogP contribution in [0.25, 0.3) is 0 Å². The lowest BCUT2D eigenvalue weighted by molar-refractivity contribution is 0.169. The molecule has 19 heavy (non-hydrogen) atoms. The van der Waals surface area contributed by atoms with E-state index in [0.29, 0.717) is 32.1 Å². The van der Waals surface area contributed by atoms with Crippen molar-refractivity contribution < 1.29 is 19.3 Å². The molecule has 1 aromatic rings. The molecule has 2 rings (SSSR count). The van der Waals surface area contributed by atoms with Crippen molar-refractivity contribution in [3.05, 3.63) is 22.2 Å². The highest BCUT2D eigenvalue weighted by molar-refractivity contribution is 9.10. The zero-order chi connectivity index (χ0) is 13.7. The smallest absolute Gasteiger partial charge is 0.175 e. The van der Waals surface area contributed by atoms with Crippen molar-refractivity contribution in [1.82, 2.24) is 5.32 Å². The van der Waals surface area contributed by atoms with Crippen molar-refractivity contribution >= 4 is 15.9 Å². The predicted octanol–water partition coefficient (Wildman–Crippen LogP) is 1.49. The van der Waals surface area contributed by atoms with E-state index in [1.165, 1.54) is 0 Å². The van der Waals surface area contributed by atoms with Gasteiger partial charge in [-0.15, -0.1) is 0 Å². The quantitative estimate of drug-likeness (QED) is 0.773. The SMILES string of the molecule is COCCNC(CO)c1cc(Br)c2c(c1)OCCO2. The number of nitrogens with one attached hydrogen (secondary N) is 1. The molecular formula is C13H18BrNO4. The van der Waals surface area contributed by atoms with Crippen LogP contribution >= 0.6 is 15.9 Å². The van der Waals surface area contributed by atoms with E-state index in [9.17, 15) is 5.11 Å². The number of aliphatic hydroxyl groups excluding tert-OH is 1. The van der Waals surface area contributed by atoms with E-state index in [1.807, 2.05) is 12.1 Å². The number of ether oxygens (including phenoxy) is 3. The fourth-order valence-electron chi connectivity index (χ4n) is 1.96. The number of hydrogen-bond donors (Lipinski definition) is 2. The summed E-state index contributed by atoms with van der Waals surface area (Å²) in [6, 6.07) is 3.69. The van der Waals surface area contributed by atoms with Gasteiger partial charge in [0, 0.05) is 13.7 Å². The Labute approximate surface area is 121 Å². The molecule has 0 aliphatic carbocycles. The summed E-state index contributed by atoms with van der Waals surface area (Å²) in [6.07, 6.45) is 0. The van der Waals surface area contributed by atoms with E-state index in [4.69, 9.17) is 14.2 Å². The highest BCUT2D eigenvalue weighted by Crippen LogP contribution is 2.39. The number of rotatable bonds is 6. The number of aliphatic hydroxyl groups is 1. The Balaban J connectivity index is 2.16. The molecule has 0 fully saturated rings. The molecule has 5 nitrogen and oxygen atoms in total. The predicted molar refractivity (Wildman–Crippen MR) is 74.8 cm³/mol. The van der Waals surface area contributed by atoms with Gasteiger partial charge in [-0.1, -0.05) is 0 Å². The van der Waals surface area contributed by atoms with Crippen LogP contribution in [0.2, 0.25) is 0 Å². The maximum atomic E-state index is 9.48. The van der Waals surface area contributed by atoms with Crippen LogP contribution in [0.5, 0.6) is 11.5 Å². The lowest BCUT2D eigenvalue weighted by Gasteiger charge is -2.23. The van der Waals surface area contributed by atoms with Gasteiger partial charge in [-0.3, -0.25) is 0 Å². The van der Waals surface area contributed by atoms with Crippen molar-refractivity contribution in [2.45, 2.75) is 6.04 Å². The molecule has 0 amide bonds. The van der Waals surface area contributed by atoms with Crippen molar-refractivity contribution in [2.75, 3.05) is 40.1 Å². The van der Waals surface area contributed by atoms with Crippen molar-refractivity contribution in [2.24, 2.45) is 0 Å². The summed E-state index contributed by atoms with van der Waals surface area (Å²) in [7, 11) is 1.65. The van der Waals surface area contributed by atoms with Gasteiger partial charge in [0.2, 0.25) is 0 Å². The topological polar surface area (TPSA) is 60.0 Å². The molecule has 1 heterocycles. The number of halogens is 1. The molecule has 0 saturated heterocycles. The minimum absolute atomic E-state index is 0.00972. The van der Waals surface area contributed by atoms with Crippen molar-refractivity contribution in [1.29, 1.82) is 0 Å². The van der Waals surface area contributed by atoms with Crippen molar-refractivity contribution in [3.8, 4) is 11.5 Å². The zero-order valence-electron chi connectivity index (χ0n) is 10.8. The summed E-state index contributed by atoms with van der Waals surface area (Å²) in [5.41, 5.74) is 0.953. The van der Waals surface area contributed by atoms with Gasteiger partial charge in [-0.2, -0.15) is 0 Å². The molecule has 0 radical (unpaired) electrons. The monoisotopic (exact) mass is 331 g/mol. The first-order valence-corrected chi connectivity index (χ1v) is 6.97. The normalized spacial score (nSPS) is 15.3. The maximum absolute atomic E-state index is 9.48. The average Bonchev–Trinajstić information content (AvgIpc) is 2.44. The summed E-state index contributed by atoms with van der Waals surface area (Å²) < 4.78 is 17.0. The number of benzene rings is 1. The van der Waals surface area contributed by atoms with Gasteiger partial charge in [0.1, 0.15) is 13.2 Å². The van der Waals surface area contributed by atoms with Gasteiger partial charge in [-0.25, -0.2) is 0 Å². The Morgan fingerprint density at radius 1 is 1.42 bits per heavy atom. The second kappa shape index (κ2) is 7.09. The molecule has 1 aliphatic rings. The van der Waals surface area contributed by atoms with Gasteiger partial charge < -0.3 is 24.6 Å². The van der Waals surface area contributed by atoms with Crippen LogP contribution in [-0.4, -0.2) is 45.2 Å². The molecule has 0 spiro atoms. The third kappa shape index (κ3) is 3.60. The van der Waals surface area contributed by atoms with Gasteiger partial charge in [0.05, 0.1) is 23.7 Å². The van der Waals surface area contributed by atoms with Gasteiger partial charge >= 0.3 is 0 Å². The molecule has 6 heteroatoms. The van der Waals surface area contributed by atoms with Crippen LogP contribution < -0.4 is 14.8 Å². The fraction of sp³-hybridized carbons (Fsp3) is 0.538. The molecule has 1 unspecified atom stereocenters. The third-order valence-corrected chi connectivity index (χ3v) is 3.49. The minimum atomic E-state index is -0.151. The Kier molecular flexibility index (Phi) is 5.45. The summed E-state index contributed by atoms with van der Waals surface area (Å²) in [4.78, 5) is 0. The summed E-state index contributed by atoms with van der Waals surface area (Å²) in [5, 5.41) is 12.7. The first-order chi connectivity index (χ1) is 9.26. The van der Waals surface area contributed by atoms with E-state index >= 15 is 0 Å². The highest BCUT2D eigenvalue weighted by Gasteiger charge is 2.19. The van der Waals surface area contributed by atoms with E-state index in [1.54, 1.807) is 7.11 Å². The maximum Gasteiger partial charge on any atom is 0.175 e. The van der Waals surface area contributed by atoms with Crippen molar-refractivity contribution in [3.63, 3.8) is 0 Å². The average molecular weight is 332 g/mol. The standard InChI is InChI=1S/C13H18BrNO4/c1-17-3-2-15-11(8-16)9-6-10(14)13-12(7-9)18-4-5-19-13/h6-7,11,15-16H,2-5,8H2,1H3. The Morgan fingerprint density at radius 3 is 2.95 bits per heavy atom. The molecule has 1 aromatic carbocycles. The Morgan fingerprint density at radius 2 is 2.21 bits per heavy atom. The third-order valence-electron chi connectivity index (χ3n) is 2.90. The molecule has 1 aliphatic heterocycles. The highest BCUT2D eigenvalue weighted by atomic mass is 79.9. The molecule has 106 valence electrons. The number of fused-ring (bicyclic) bond motifs is 1. The zero-order valence-corrected chi connectivity index (χ0v) is 12.4. The van der Waals surface area contributed by atoms with Gasteiger partial charge in [0.15, 0.2) is 11.5 Å². The van der Waals surface area contributed by atoms with E-state index in [0.717, 1.165) is 15.8 Å². The second-order valence-electron chi connectivity index (χ2n) is 4.21. The Bertz CT molecular complexity index is 427. The van der Waals surface area contributed by atoms with Gasteiger partial charge in [0.25, 0.3) is 0 Å². The van der Waals surface area contributed by atoms with E-state index in [2.05, 4.69) is 21.2 Å². The van der Waals surface area contributed by atoms with Crippen LogP contribution in [0, 0.1) is 0 Å². The van der Waals surface area contributed by atoms with Crippen LogP contribution in [-0.2, 0) is 4.74 Å². The molecule has 2 N–H and O–H groups in total. The van der Waals surface area contributed by atoms with E-state index in [-0.39, 0.29) is 12.6 Å². The molecule has 0 saturated carbocycles. The molecule has 1 atom stereocenters. The first kappa shape index (κ1) is 14.6. The summed E-state index contributed by atoms with van der Waals surface area (Å²) in [5.74, 6) is 1.44. The number of hydrogen-bond acceptors (Lipinski definition) is 5. The van der Waals surface area contributed by atoms with Crippen LogP contribution in [0.4, 0.5) is 0 Å². The lowest BCUT2D eigenvalue weighted by atomic mass is 10.1. The molecular weight excluding hydrogens is 314 g/mol. The molecule has 0 aromatic heterocycles. The summed E-state index contributed by atoms with van der Waals surface area (Å²) >= 11 is 3.47. The van der Waals surface area contributed by atoms with Gasteiger partial charge in [-0.05, 0) is 33.6 Å². The van der Waals surface area contributed by atoms with Crippen LogP contribution in [0.3, 0.4) is 0 Å². The lowest BCUT2D eigenvalue weighted by Crippen LogP contribution is -2.28. The minimum Gasteiger partial charge on any atom is -0.486 e. The fourth-order valence-corrected chi connectivity index (χ4v) is 2.53. The van der Waals surface area contributed by atoms with Crippen LogP contribution in [0.15, 0.2) is 16.6 Å². The van der Waals surface area contributed by atoms with E-state index < -0.39 is 0 Å². The largest absolute Gasteiger partial charge is 0.486 e.